The number of para-hydroxylation sites is 1. The SMILES string of the molecule is O=C(CCc1nc(-c2ccsc2)no1)Nc1cccc(S(=O)(=O)Nc2ccccc2Cl)c1. The summed E-state index contributed by atoms with van der Waals surface area (Å²) in [4.78, 5) is 16.6. The normalized spacial score (nSPS) is 11.3. The summed E-state index contributed by atoms with van der Waals surface area (Å²) in [5.41, 5.74) is 1.48. The van der Waals surface area contributed by atoms with Crippen LogP contribution in [0.3, 0.4) is 0 Å². The lowest BCUT2D eigenvalue weighted by Gasteiger charge is -2.11. The molecule has 0 fully saturated rings. The molecule has 0 radical (unpaired) electrons. The number of carbonyl (C=O) groups excluding carboxylic acids is 1. The lowest BCUT2D eigenvalue weighted by atomic mass is 10.2. The molecule has 2 heterocycles. The fourth-order valence-electron chi connectivity index (χ4n) is 2.80. The average Bonchev–Trinajstić information content (AvgIpc) is 3.46. The molecule has 0 aliphatic carbocycles. The minimum Gasteiger partial charge on any atom is -0.339 e. The molecule has 4 rings (SSSR count). The second-order valence-electron chi connectivity index (χ2n) is 6.69. The van der Waals surface area contributed by atoms with E-state index in [1.54, 1.807) is 36.4 Å². The first-order valence-electron chi connectivity index (χ1n) is 9.43. The third kappa shape index (κ3) is 5.34. The van der Waals surface area contributed by atoms with Crippen molar-refractivity contribution in [2.75, 3.05) is 10.0 Å². The third-order valence-electron chi connectivity index (χ3n) is 4.36. The van der Waals surface area contributed by atoms with E-state index in [0.717, 1.165) is 5.56 Å². The highest BCUT2D eigenvalue weighted by molar-refractivity contribution is 7.92. The number of nitrogens with one attached hydrogen (secondary N) is 2. The Hall–Kier alpha value is -3.21. The van der Waals surface area contributed by atoms with Gasteiger partial charge >= 0.3 is 0 Å². The van der Waals surface area contributed by atoms with Crippen molar-refractivity contribution in [3.63, 3.8) is 0 Å². The molecule has 2 aromatic carbocycles. The van der Waals surface area contributed by atoms with Crippen LogP contribution >= 0.6 is 22.9 Å². The molecule has 0 aliphatic rings. The van der Waals surface area contributed by atoms with E-state index in [-0.39, 0.29) is 34.4 Å². The topological polar surface area (TPSA) is 114 Å². The zero-order chi connectivity index (χ0) is 22.6. The number of nitrogens with zero attached hydrogens (tertiary/aromatic N) is 2. The lowest BCUT2D eigenvalue weighted by Crippen LogP contribution is -2.15. The summed E-state index contributed by atoms with van der Waals surface area (Å²) in [7, 11) is -3.89. The van der Waals surface area contributed by atoms with Crippen LogP contribution in [0.5, 0.6) is 0 Å². The number of hydrogen-bond acceptors (Lipinski definition) is 7. The number of amides is 1. The molecule has 0 atom stereocenters. The molecule has 4 aromatic rings. The highest BCUT2D eigenvalue weighted by atomic mass is 35.5. The Labute approximate surface area is 193 Å². The molecule has 0 aliphatic heterocycles. The molecule has 2 N–H and O–H groups in total. The van der Waals surface area contributed by atoms with Gasteiger partial charge in [0.25, 0.3) is 10.0 Å². The van der Waals surface area contributed by atoms with E-state index in [2.05, 4.69) is 20.2 Å². The van der Waals surface area contributed by atoms with Gasteiger partial charge in [0.05, 0.1) is 15.6 Å². The van der Waals surface area contributed by atoms with Crippen LogP contribution in [-0.4, -0.2) is 24.5 Å². The van der Waals surface area contributed by atoms with Crippen molar-refractivity contribution in [1.82, 2.24) is 10.1 Å². The summed E-state index contributed by atoms with van der Waals surface area (Å²) in [6.07, 6.45) is 0.356. The van der Waals surface area contributed by atoms with Crippen molar-refractivity contribution < 1.29 is 17.7 Å². The van der Waals surface area contributed by atoms with E-state index in [1.807, 2.05) is 16.8 Å². The number of hydrogen-bond donors (Lipinski definition) is 2. The lowest BCUT2D eigenvalue weighted by molar-refractivity contribution is -0.116. The van der Waals surface area contributed by atoms with E-state index in [1.165, 1.54) is 23.5 Å². The van der Waals surface area contributed by atoms with E-state index < -0.39 is 10.0 Å². The van der Waals surface area contributed by atoms with Crippen LogP contribution in [-0.2, 0) is 21.2 Å². The second-order valence-corrected chi connectivity index (χ2v) is 9.55. The standard InChI is InChI=1S/C21H17ClN4O4S2/c22-17-6-1-2-7-18(17)26-32(28,29)16-5-3-4-15(12-16)23-19(27)8-9-20-24-21(25-30-20)14-10-11-31-13-14/h1-7,10-13,26H,8-9H2,(H,23,27). The maximum absolute atomic E-state index is 12.7. The fourth-order valence-corrected chi connectivity index (χ4v) is 4.80. The van der Waals surface area contributed by atoms with Gasteiger partial charge in [0.1, 0.15) is 0 Å². The van der Waals surface area contributed by atoms with E-state index in [4.69, 9.17) is 16.1 Å². The molecular formula is C21H17ClN4O4S2. The Morgan fingerprint density at radius 1 is 1.12 bits per heavy atom. The molecule has 2 aromatic heterocycles. The first-order chi connectivity index (χ1) is 15.4. The maximum Gasteiger partial charge on any atom is 0.262 e. The molecule has 164 valence electrons. The van der Waals surface area contributed by atoms with Crippen molar-refractivity contribution in [2.45, 2.75) is 17.7 Å². The maximum atomic E-state index is 12.7. The quantitative estimate of drug-likeness (QED) is 0.367. The summed E-state index contributed by atoms with van der Waals surface area (Å²) < 4.78 is 33.0. The van der Waals surface area contributed by atoms with E-state index in [0.29, 0.717) is 17.4 Å². The number of anilines is 2. The van der Waals surface area contributed by atoms with Crippen LogP contribution < -0.4 is 10.0 Å². The number of thiophene rings is 1. The molecule has 0 bridgehead atoms. The van der Waals surface area contributed by atoms with Crippen molar-refractivity contribution in [3.05, 3.63) is 76.3 Å². The van der Waals surface area contributed by atoms with Crippen LogP contribution in [0.4, 0.5) is 11.4 Å². The van der Waals surface area contributed by atoms with Gasteiger partial charge in [0, 0.05) is 29.5 Å². The Morgan fingerprint density at radius 3 is 2.75 bits per heavy atom. The second kappa shape index (κ2) is 9.51. The Bertz CT molecular complexity index is 1340. The van der Waals surface area contributed by atoms with Gasteiger partial charge in [0.2, 0.25) is 17.6 Å². The summed E-state index contributed by atoms with van der Waals surface area (Å²) in [6, 6.07) is 14.4. The van der Waals surface area contributed by atoms with Crippen LogP contribution in [0.2, 0.25) is 5.02 Å². The number of aromatic nitrogens is 2. The summed E-state index contributed by atoms with van der Waals surface area (Å²) >= 11 is 7.56. The largest absolute Gasteiger partial charge is 0.339 e. The number of benzene rings is 2. The van der Waals surface area contributed by atoms with Crippen molar-refractivity contribution >= 4 is 50.2 Å². The molecule has 0 saturated heterocycles. The number of aryl methyl sites for hydroxylation is 1. The van der Waals surface area contributed by atoms with Crippen molar-refractivity contribution in [2.24, 2.45) is 0 Å². The number of rotatable bonds is 8. The van der Waals surface area contributed by atoms with E-state index in [9.17, 15) is 13.2 Å². The van der Waals surface area contributed by atoms with E-state index >= 15 is 0 Å². The van der Waals surface area contributed by atoms with Crippen LogP contribution in [0.15, 0.2) is 74.8 Å². The predicted molar refractivity (Wildman–Crippen MR) is 123 cm³/mol. The summed E-state index contributed by atoms with van der Waals surface area (Å²) in [6.45, 7) is 0. The summed E-state index contributed by atoms with van der Waals surface area (Å²) in [5, 5.41) is 10.7. The number of sulfonamides is 1. The first kappa shape index (κ1) is 22.0. The van der Waals surface area contributed by atoms with Gasteiger partial charge in [-0.2, -0.15) is 16.3 Å². The van der Waals surface area contributed by atoms with Crippen molar-refractivity contribution in [1.29, 1.82) is 0 Å². The zero-order valence-electron chi connectivity index (χ0n) is 16.5. The third-order valence-corrected chi connectivity index (χ3v) is 6.74. The average molecular weight is 489 g/mol. The Kier molecular flexibility index (Phi) is 6.54. The zero-order valence-corrected chi connectivity index (χ0v) is 18.9. The van der Waals surface area contributed by atoms with Gasteiger partial charge in [-0.3, -0.25) is 9.52 Å². The molecule has 32 heavy (non-hydrogen) atoms. The number of carbonyl (C=O) groups is 1. The smallest absolute Gasteiger partial charge is 0.262 e. The van der Waals surface area contributed by atoms with Crippen molar-refractivity contribution in [3.8, 4) is 11.4 Å². The molecule has 11 heteroatoms. The molecule has 8 nitrogen and oxygen atoms in total. The highest BCUT2D eigenvalue weighted by Crippen LogP contribution is 2.25. The molecule has 1 amide bonds. The number of halogens is 1. The van der Waals surface area contributed by atoms with Crippen LogP contribution in [0.25, 0.3) is 11.4 Å². The highest BCUT2D eigenvalue weighted by Gasteiger charge is 2.17. The van der Waals surface area contributed by atoms with Crippen LogP contribution in [0.1, 0.15) is 12.3 Å². The summed E-state index contributed by atoms with van der Waals surface area (Å²) in [5.74, 6) is 0.515. The fraction of sp³-hybridized carbons (Fsp3) is 0.0952. The van der Waals surface area contributed by atoms with Gasteiger partial charge in [-0.25, -0.2) is 8.42 Å². The first-order valence-corrected chi connectivity index (χ1v) is 12.2. The molecule has 0 unspecified atom stereocenters. The minimum absolute atomic E-state index is 0.00692. The van der Waals surface area contributed by atoms with Gasteiger partial charge in [0.15, 0.2) is 0 Å². The predicted octanol–water partition coefficient (Wildman–Crippen LogP) is 4.82. The molecule has 0 saturated carbocycles. The Balaban J connectivity index is 1.38. The van der Waals surface area contributed by atoms with Gasteiger partial charge < -0.3 is 9.84 Å². The monoisotopic (exact) mass is 488 g/mol. The van der Waals surface area contributed by atoms with Gasteiger partial charge in [-0.15, -0.1) is 0 Å². The van der Waals surface area contributed by atoms with Gasteiger partial charge in [-0.05, 0) is 41.8 Å². The minimum atomic E-state index is -3.89. The molecule has 0 spiro atoms. The van der Waals surface area contributed by atoms with Gasteiger partial charge in [-0.1, -0.05) is 35.0 Å². The molecular weight excluding hydrogens is 472 g/mol. The Morgan fingerprint density at radius 2 is 1.97 bits per heavy atom. The van der Waals surface area contributed by atoms with Crippen LogP contribution in [0, 0.1) is 0 Å².